The molecule has 1 heterocycles. The number of carbonyl (C=O) groups is 6. The van der Waals surface area contributed by atoms with Crippen molar-refractivity contribution in [1.29, 1.82) is 0 Å². The molecule has 73 heavy (non-hydrogen) atoms. The summed E-state index contributed by atoms with van der Waals surface area (Å²) < 4.78 is 45.9. The number of esters is 4. The lowest BCUT2D eigenvalue weighted by atomic mass is 9.44. The number of hydrogen-bond acceptors (Lipinski definition) is 14. The topological polar surface area (TPSA) is 199 Å². The van der Waals surface area contributed by atoms with Crippen LogP contribution in [0.1, 0.15) is 121 Å². The summed E-state index contributed by atoms with van der Waals surface area (Å²) in [7, 11) is -2.64. The fourth-order valence-electron chi connectivity index (χ4n) is 12.5. The third-order valence-corrected chi connectivity index (χ3v) is 21.4. The van der Waals surface area contributed by atoms with Crippen molar-refractivity contribution in [3.05, 3.63) is 119 Å². The van der Waals surface area contributed by atoms with Crippen LogP contribution in [-0.2, 0) is 52.0 Å². The molecule has 0 spiro atoms. The van der Waals surface area contributed by atoms with Crippen LogP contribution in [0.5, 0.6) is 0 Å². The number of benzene rings is 3. The predicted molar refractivity (Wildman–Crippen MR) is 272 cm³/mol. The molecule has 2 bridgehead atoms. The number of fused-ring (bicyclic) bond motifs is 5. The summed E-state index contributed by atoms with van der Waals surface area (Å²) in [6.07, 6.45) is -7.84. The highest BCUT2D eigenvalue weighted by Crippen LogP contribution is 2.65. The number of ether oxygens (including phenoxy) is 6. The van der Waals surface area contributed by atoms with Gasteiger partial charge in [-0.2, -0.15) is 0 Å². The molecule has 2 saturated carbocycles. The predicted octanol–water partition coefficient (Wildman–Crippen LogP) is 8.45. The van der Waals surface area contributed by atoms with Gasteiger partial charge in [0.1, 0.15) is 29.8 Å². The number of hydrogen-bond donors (Lipinski definition) is 2. The van der Waals surface area contributed by atoms with Gasteiger partial charge in [-0.05, 0) is 86.8 Å². The maximum Gasteiger partial charge on any atom is 0.338 e. The van der Waals surface area contributed by atoms with E-state index in [-0.39, 0.29) is 30.8 Å². The number of Topliss-reactive ketones (excluding diaryl/α,β-unsaturated/α-hetero) is 1. The average molecular weight is 1020 g/mol. The Kier molecular flexibility index (Phi) is 16.5. The summed E-state index contributed by atoms with van der Waals surface area (Å²) in [6, 6.07) is 26.8. The Bertz CT molecular complexity index is 2540. The molecule has 2 unspecified atom stereocenters. The zero-order chi connectivity index (χ0) is 53.3. The van der Waals surface area contributed by atoms with Crippen LogP contribution in [0.4, 0.5) is 0 Å². The first-order valence-corrected chi connectivity index (χ1v) is 28.2. The molecular formula is C57H73NO14Si. The molecule has 1 amide bonds. The van der Waals surface area contributed by atoms with Crippen LogP contribution in [-0.4, -0.2) is 110 Å². The number of aliphatic hydroxyl groups is 1. The molecule has 16 heteroatoms. The van der Waals surface area contributed by atoms with E-state index in [4.69, 9.17) is 32.8 Å². The van der Waals surface area contributed by atoms with E-state index in [1.807, 2.05) is 6.07 Å². The number of amides is 1. The molecule has 1 saturated heterocycles. The van der Waals surface area contributed by atoms with Crippen LogP contribution in [0.15, 0.2) is 102 Å². The lowest BCUT2D eigenvalue weighted by molar-refractivity contribution is -0.344. The van der Waals surface area contributed by atoms with Crippen LogP contribution < -0.4 is 5.32 Å². The minimum Gasteiger partial charge on any atom is -0.457 e. The fourth-order valence-corrected chi connectivity index (χ4v) is 15.5. The van der Waals surface area contributed by atoms with Crippen molar-refractivity contribution in [2.75, 3.05) is 13.2 Å². The molecule has 0 aromatic heterocycles. The van der Waals surface area contributed by atoms with Gasteiger partial charge in [-0.15, -0.1) is 0 Å². The molecule has 3 aliphatic carbocycles. The molecule has 2 N–H and O–H groups in total. The van der Waals surface area contributed by atoms with Crippen molar-refractivity contribution in [2.45, 2.75) is 161 Å². The zero-order valence-corrected chi connectivity index (χ0v) is 45.1. The van der Waals surface area contributed by atoms with Gasteiger partial charge in [-0.3, -0.25) is 24.0 Å². The Morgan fingerprint density at radius 2 is 1.38 bits per heavy atom. The van der Waals surface area contributed by atoms with Crippen molar-refractivity contribution < 1.29 is 66.7 Å². The monoisotopic (exact) mass is 1020 g/mol. The van der Waals surface area contributed by atoms with Gasteiger partial charge in [0, 0.05) is 44.3 Å². The summed E-state index contributed by atoms with van der Waals surface area (Å²) in [4.78, 5) is 87.8. The molecule has 394 valence electrons. The second-order valence-electron chi connectivity index (χ2n) is 20.9. The van der Waals surface area contributed by atoms with Gasteiger partial charge < -0.3 is 43.3 Å². The molecule has 4 aliphatic rings. The summed E-state index contributed by atoms with van der Waals surface area (Å²) in [5.74, 6) is -6.86. The Balaban J connectivity index is 1.47. The van der Waals surface area contributed by atoms with Crippen molar-refractivity contribution in [1.82, 2.24) is 5.32 Å². The normalized spacial score (nSPS) is 29.6. The summed E-state index contributed by atoms with van der Waals surface area (Å²) in [6.45, 7) is 18.8. The minimum atomic E-state index is -2.64. The van der Waals surface area contributed by atoms with Gasteiger partial charge in [-0.1, -0.05) is 101 Å². The Morgan fingerprint density at radius 3 is 1.90 bits per heavy atom. The molecule has 15 nitrogen and oxygen atoms in total. The van der Waals surface area contributed by atoms with E-state index in [0.29, 0.717) is 34.8 Å². The van der Waals surface area contributed by atoms with Gasteiger partial charge in [0.2, 0.25) is 0 Å². The van der Waals surface area contributed by atoms with Crippen LogP contribution in [0.2, 0.25) is 18.1 Å². The van der Waals surface area contributed by atoms with Gasteiger partial charge >= 0.3 is 23.9 Å². The van der Waals surface area contributed by atoms with E-state index in [9.17, 15) is 24.3 Å². The molecule has 12 atom stereocenters. The Morgan fingerprint density at radius 1 is 0.808 bits per heavy atom. The van der Waals surface area contributed by atoms with Crippen LogP contribution in [0.25, 0.3) is 0 Å². The summed E-state index contributed by atoms with van der Waals surface area (Å²) in [5, 5.41) is 17.4. The maximum atomic E-state index is 16.5. The third-order valence-electron chi connectivity index (χ3n) is 16.8. The van der Waals surface area contributed by atoms with Crippen LogP contribution >= 0.6 is 0 Å². The maximum absolute atomic E-state index is 16.5. The van der Waals surface area contributed by atoms with Crippen molar-refractivity contribution in [3.8, 4) is 0 Å². The molecule has 3 aromatic carbocycles. The summed E-state index contributed by atoms with van der Waals surface area (Å²) in [5.41, 5.74) is -5.89. The lowest BCUT2D eigenvalue weighted by Gasteiger charge is -2.68. The largest absolute Gasteiger partial charge is 0.457 e. The van der Waals surface area contributed by atoms with Gasteiger partial charge in [0.15, 0.2) is 25.8 Å². The number of ketones is 1. The lowest BCUT2D eigenvalue weighted by Crippen LogP contribution is -2.82. The van der Waals surface area contributed by atoms with Crippen molar-refractivity contribution in [3.63, 3.8) is 0 Å². The third kappa shape index (κ3) is 9.97. The number of nitrogens with one attached hydrogen (secondary N) is 1. The molecular weight excluding hydrogens is 951 g/mol. The Hall–Kier alpha value is -5.52. The number of carbonyl (C=O) groups excluding carboxylic acids is 6. The van der Waals surface area contributed by atoms with Crippen molar-refractivity contribution >= 4 is 43.9 Å². The van der Waals surface area contributed by atoms with E-state index >= 15 is 9.59 Å². The quantitative estimate of drug-likeness (QED) is 0.0532. The highest BCUT2D eigenvalue weighted by Gasteiger charge is 2.79. The highest BCUT2D eigenvalue weighted by atomic mass is 28.4. The molecule has 3 fully saturated rings. The molecule has 0 radical (unpaired) electrons. The van der Waals surface area contributed by atoms with Crippen LogP contribution in [0, 0.1) is 22.7 Å². The first kappa shape index (κ1) is 55.2. The second kappa shape index (κ2) is 21.7. The molecule has 7 rings (SSSR count). The summed E-state index contributed by atoms with van der Waals surface area (Å²) >= 11 is 0. The van der Waals surface area contributed by atoms with E-state index in [2.05, 4.69) is 26.1 Å². The highest BCUT2D eigenvalue weighted by molar-refractivity contribution is 6.73. The van der Waals surface area contributed by atoms with Gasteiger partial charge in [0.25, 0.3) is 5.91 Å². The van der Waals surface area contributed by atoms with Gasteiger partial charge in [0.05, 0.1) is 41.8 Å². The standard InChI is InChI=1S/C57H73NO14Si/c1-12-66-35(6)44(46(38-25-19-16-20-26-38)58-51(62)39-27-21-17-22-28-39)53(64)69-41-32-57(65)50(70-52(63)40-29-23-18-24-30-40)48-55(11,49(61)47(68-36(7)59)45(34(41)5)54(57,9)10)42(72-73(13-2,14-3)15-4)31-43-56(48,33-67-43)71-37(8)60/h16-30,35,41-44,46-48,50,65H,12-15,31-33H2,1-11H3,(H,58,62)/t35?,41-,42-,43+,44+,46-,47+,48?,50-,55+,56-,57+/m0/s1. The van der Waals surface area contributed by atoms with Gasteiger partial charge in [-0.25, -0.2) is 4.79 Å². The first-order chi connectivity index (χ1) is 34.6. The number of rotatable bonds is 18. The van der Waals surface area contributed by atoms with Crippen molar-refractivity contribution in [2.24, 2.45) is 22.7 Å². The molecule has 3 aromatic rings. The van der Waals surface area contributed by atoms with E-state index < -0.39 is 127 Å². The minimum absolute atomic E-state index is 0.0931. The van der Waals surface area contributed by atoms with E-state index in [0.717, 1.165) is 0 Å². The fraction of sp³-hybridized carbons (Fsp3) is 0.544. The first-order valence-electron chi connectivity index (χ1n) is 25.7. The molecule has 1 aliphatic heterocycles. The zero-order valence-electron chi connectivity index (χ0n) is 44.1. The van der Waals surface area contributed by atoms with Crippen LogP contribution in [0.3, 0.4) is 0 Å². The smallest absolute Gasteiger partial charge is 0.338 e. The van der Waals surface area contributed by atoms with E-state index in [1.54, 1.807) is 126 Å². The Labute approximate surface area is 430 Å². The SMILES string of the molecule is CCOC(C)[C@@H](C(=O)O[C@H]1C[C@@]2(O)[C@@H](OC(=O)c3ccccc3)C3[C@](C)(C(=O)[C@H](OC(C)=O)C(=C1C)C2(C)C)[C@@H](O[Si](CC)(CC)CC)C[C@H]1OC[C@@]31OC(C)=O)[C@@H](NC(=O)c1ccccc1)c1ccccc1. The van der Waals surface area contributed by atoms with E-state index in [1.165, 1.54) is 13.8 Å². The average Bonchev–Trinajstić information content (AvgIpc) is 3.36. The second-order valence-corrected chi connectivity index (χ2v) is 25.7.